The fourth-order valence-electron chi connectivity index (χ4n) is 3.67. The maximum Gasteiger partial charge on any atom is 0.270 e. The van der Waals surface area contributed by atoms with Crippen molar-refractivity contribution >= 4 is 17.2 Å². The summed E-state index contributed by atoms with van der Waals surface area (Å²) in [7, 11) is 0. The van der Waals surface area contributed by atoms with Gasteiger partial charge in [-0.3, -0.25) is 4.79 Å². The molecule has 0 radical (unpaired) electrons. The number of likely N-dealkylation sites (tertiary alicyclic amines) is 1. The highest BCUT2D eigenvalue weighted by Crippen LogP contribution is 2.31. The monoisotopic (exact) mass is 381 g/mol. The lowest BCUT2D eigenvalue weighted by Crippen LogP contribution is -2.39. The number of aliphatic hydroxyl groups excluding tert-OH is 1. The molecule has 0 aliphatic carbocycles. The summed E-state index contributed by atoms with van der Waals surface area (Å²) in [6.07, 6.45) is 2.99. The van der Waals surface area contributed by atoms with Gasteiger partial charge in [0.2, 0.25) is 0 Å². The first-order valence-corrected chi connectivity index (χ1v) is 10.1. The van der Waals surface area contributed by atoms with Gasteiger partial charge in [-0.15, -0.1) is 11.3 Å². The minimum absolute atomic E-state index is 0.0147. The maximum atomic E-state index is 12.8. The summed E-state index contributed by atoms with van der Waals surface area (Å²) < 4.78 is 0. The van der Waals surface area contributed by atoms with Crippen LogP contribution < -0.4 is 0 Å². The van der Waals surface area contributed by atoms with E-state index in [0.29, 0.717) is 18.8 Å². The number of piperidine rings is 1. The van der Waals surface area contributed by atoms with E-state index in [-0.39, 0.29) is 11.8 Å². The Hall–Kier alpha value is -2.44. The average Bonchev–Trinajstić information content (AvgIpc) is 3.37. The SMILES string of the molecule is Cc1nc(-c2c[nH]c(C(=O)N3CCC([C@@H](O)c4ccccc4)CC3)c2)cs1. The second kappa shape index (κ2) is 7.66. The number of nitrogens with one attached hydrogen (secondary N) is 1. The van der Waals surface area contributed by atoms with Gasteiger partial charge in [0.1, 0.15) is 5.69 Å². The van der Waals surface area contributed by atoms with E-state index < -0.39 is 6.10 Å². The minimum Gasteiger partial charge on any atom is -0.388 e. The third-order valence-electron chi connectivity index (χ3n) is 5.24. The van der Waals surface area contributed by atoms with Gasteiger partial charge in [0.05, 0.1) is 16.8 Å². The average molecular weight is 382 g/mol. The molecule has 4 rings (SSSR count). The van der Waals surface area contributed by atoms with Crippen LogP contribution in [0.25, 0.3) is 11.3 Å². The molecule has 5 nitrogen and oxygen atoms in total. The van der Waals surface area contributed by atoms with Crippen molar-refractivity contribution in [2.45, 2.75) is 25.9 Å². The molecule has 0 spiro atoms. The number of thiazole rings is 1. The fourth-order valence-corrected chi connectivity index (χ4v) is 4.29. The maximum absolute atomic E-state index is 12.8. The van der Waals surface area contributed by atoms with E-state index in [9.17, 15) is 9.90 Å². The zero-order valence-electron chi connectivity index (χ0n) is 15.3. The summed E-state index contributed by atoms with van der Waals surface area (Å²) in [4.78, 5) is 22.2. The Morgan fingerprint density at radius 2 is 2.04 bits per heavy atom. The molecule has 1 atom stereocenters. The van der Waals surface area contributed by atoms with E-state index >= 15 is 0 Å². The molecule has 1 fully saturated rings. The number of aromatic amines is 1. The van der Waals surface area contributed by atoms with Gasteiger partial charge >= 0.3 is 0 Å². The van der Waals surface area contributed by atoms with E-state index in [1.807, 2.05) is 59.8 Å². The van der Waals surface area contributed by atoms with Crippen LogP contribution in [0.3, 0.4) is 0 Å². The zero-order chi connectivity index (χ0) is 18.8. The first-order valence-electron chi connectivity index (χ1n) is 9.25. The Morgan fingerprint density at radius 1 is 1.30 bits per heavy atom. The van der Waals surface area contributed by atoms with Crippen molar-refractivity contribution < 1.29 is 9.90 Å². The number of aromatic nitrogens is 2. The van der Waals surface area contributed by atoms with Crippen molar-refractivity contribution in [3.63, 3.8) is 0 Å². The van der Waals surface area contributed by atoms with Gasteiger partial charge in [-0.2, -0.15) is 0 Å². The summed E-state index contributed by atoms with van der Waals surface area (Å²) in [5.74, 6) is 0.203. The van der Waals surface area contributed by atoms with E-state index in [2.05, 4.69) is 9.97 Å². The van der Waals surface area contributed by atoms with Crippen molar-refractivity contribution in [1.82, 2.24) is 14.9 Å². The molecule has 27 heavy (non-hydrogen) atoms. The number of hydrogen-bond donors (Lipinski definition) is 2. The lowest BCUT2D eigenvalue weighted by molar-refractivity contribution is 0.0459. The van der Waals surface area contributed by atoms with Crippen molar-refractivity contribution in [2.75, 3.05) is 13.1 Å². The number of aliphatic hydroxyl groups is 1. The molecule has 0 saturated carbocycles. The van der Waals surface area contributed by atoms with E-state index in [1.165, 1.54) is 0 Å². The molecule has 2 aromatic heterocycles. The molecule has 0 unspecified atom stereocenters. The standard InChI is InChI=1S/C21H23N3O2S/c1-14-23-19(13-27-14)17-11-18(22-12-17)21(26)24-9-7-16(8-10-24)20(25)15-5-3-2-4-6-15/h2-6,11-13,16,20,22,25H,7-10H2,1H3/t20-/m0/s1. The van der Waals surface area contributed by atoms with Crippen LogP contribution in [-0.4, -0.2) is 39.0 Å². The highest BCUT2D eigenvalue weighted by molar-refractivity contribution is 7.09. The van der Waals surface area contributed by atoms with Gasteiger partial charge in [-0.25, -0.2) is 4.98 Å². The number of nitrogens with zero attached hydrogens (tertiary/aromatic N) is 2. The Morgan fingerprint density at radius 3 is 2.70 bits per heavy atom. The molecule has 2 N–H and O–H groups in total. The topological polar surface area (TPSA) is 69.2 Å². The second-order valence-electron chi connectivity index (χ2n) is 7.04. The molecule has 0 bridgehead atoms. The van der Waals surface area contributed by atoms with Crippen molar-refractivity contribution in [1.29, 1.82) is 0 Å². The highest BCUT2D eigenvalue weighted by Gasteiger charge is 2.29. The summed E-state index contributed by atoms with van der Waals surface area (Å²) in [5, 5.41) is 13.6. The van der Waals surface area contributed by atoms with Gasteiger partial charge in [-0.1, -0.05) is 30.3 Å². The predicted octanol–water partition coefficient (Wildman–Crippen LogP) is 4.03. The van der Waals surface area contributed by atoms with Gasteiger partial charge in [0, 0.05) is 30.2 Å². The molecule has 3 aromatic rings. The number of hydrogen-bond acceptors (Lipinski definition) is 4. The molecule has 6 heteroatoms. The molecule has 140 valence electrons. The summed E-state index contributed by atoms with van der Waals surface area (Å²) >= 11 is 1.60. The van der Waals surface area contributed by atoms with Crippen molar-refractivity contribution in [3.05, 3.63) is 64.2 Å². The van der Waals surface area contributed by atoms with Crippen LogP contribution >= 0.6 is 11.3 Å². The molecule has 1 saturated heterocycles. The number of carbonyl (C=O) groups excluding carboxylic acids is 1. The molecule has 1 amide bonds. The number of benzene rings is 1. The van der Waals surface area contributed by atoms with Crippen LogP contribution in [0.2, 0.25) is 0 Å². The summed E-state index contributed by atoms with van der Waals surface area (Å²) in [6.45, 7) is 3.30. The Labute approximate surface area is 162 Å². The highest BCUT2D eigenvalue weighted by atomic mass is 32.1. The smallest absolute Gasteiger partial charge is 0.270 e. The molecule has 1 aliphatic rings. The van der Waals surface area contributed by atoms with E-state index in [4.69, 9.17) is 0 Å². The fraction of sp³-hybridized carbons (Fsp3) is 0.333. The normalized spacial score (nSPS) is 16.4. The van der Waals surface area contributed by atoms with Gasteiger partial charge in [-0.05, 0) is 37.3 Å². The third-order valence-corrected chi connectivity index (χ3v) is 6.02. The zero-order valence-corrected chi connectivity index (χ0v) is 16.1. The van der Waals surface area contributed by atoms with Crippen LogP contribution in [0.1, 0.15) is 40.0 Å². The Bertz CT molecular complexity index is 910. The Kier molecular flexibility index (Phi) is 5.09. The lowest BCUT2D eigenvalue weighted by Gasteiger charge is -2.34. The number of carbonyl (C=O) groups is 1. The lowest BCUT2D eigenvalue weighted by atomic mass is 9.87. The van der Waals surface area contributed by atoms with Gasteiger partial charge in [0.25, 0.3) is 5.91 Å². The first-order chi connectivity index (χ1) is 13.1. The number of rotatable bonds is 4. The van der Waals surface area contributed by atoms with Crippen LogP contribution in [0.15, 0.2) is 48.0 Å². The number of amides is 1. The summed E-state index contributed by atoms with van der Waals surface area (Å²) in [6, 6.07) is 11.6. The molecular formula is C21H23N3O2S. The van der Waals surface area contributed by atoms with E-state index in [1.54, 1.807) is 11.3 Å². The van der Waals surface area contributed by atoms with E-state index in [0.717, 1.165) is 34.7 Å². The molecule has 3 heterocycles. The van der Waals surface area contributed by atoms with Crippen LogP contribution in [0.4, 0.5) is 0 Å². The van der Waals surface area contributed by atoms with Gasteiger partial charge < -0.3 is 15.0 Å². The number of H-pyrrole nitrogens is 1. The minimum atomic E-state index is -0.464. The van der Waals surface area contributed by atoms with Crippen molar-refractivity contribution in [3.8, 4) is 11.3 Å². The molecule has 1 aromatic carbocycles. The van der Waals surface area contributed by atoms with Gasteiger partial charge in [0.15, 0.2) is 0 Å². The van der Waals surface area contributed by atoms with Crippen molar-refractivity contribution in [2.24, 2.45) is 5.92 Å². The largest absolute Gasteiger partial charge is 0.388 e. The van der Waals surface area contributed by atoms with Crippen LogP contribution in [-0.2, 0) is 0 Å². The molecule has 1 aliphatic heterocycles. The van der Waals surface area contributed by atoms with Crippen LogP contribution in [0, 0.1) is 12.8 Å². The first kappa shape index (κ1) is 17.9. The number of aryl methyl sites for hydroxylation is 1. The summed E-state index contributed by atoms with van der Waals surface area (Å²) in [5.41, 5.74) is 3.39. The quantitative estimate of drug-likeness (QED) is 0.717. The Balaban J connectivity index is 1.38. The molecular weight excluding hydrogens is 358 g/mol. The van der Waals surface area contributed by atoms with Crippen LogP contribution in [0.5, 0.6) is 0 Å². The second-order valence-corrected chi connectivity index (χ2v) is 8.10. The predicted molar refractivity (Wildman–Crippen MR) is 107 cm³/mol. The third kappa shape index (κ3) is 3.82.